The first kappa shape index (κ1) is 24.0. The molecule has 0 radical (unpaired) electrons. The van der Waals surface area contributed by atoms with Crippen LogP contribution in [-0.2, 0) is 4.79 Å². The summed E-state index contributed by atoms with van der Waals surface area (Å²) in [6.07, 6.45) is 5.16. The van der Waals surface area contributed by atoms with Crippen LogP contribution >= 0.6 is 27.5 Å². The smallest absolute Gasteiger partial charge is 0.255 e. The molecule has 1 aliphatic heterocycles. The van der Waals surface area contributed by atoms with Gasteiger partial charge in [-0.2, -0.15) is 0 Å². The number of hydrogen-bond acceptors (Lipinski definition) is 5. The molecule has 32 heavy (non-hydrogen) atoms. The van der Waals surface area contributed by atoms with Gasteiger partial charge in [-0.25, -0.2) is 0 Å². The maximum absolute atomic E-state index is 12.9. The summed E-state index contributed by atoms with van der Waals surface area (Å²) in [6, 6.07) is 10.9. The molecule has 2 aromatic rings. The highest BCUT2D eigenvalue weighted by Gasteiger charge is 2.19. The van der Waals surface area contributed by atoms with Crippen molar-refractivity contribution in [3.63, 3.8) is 0 Å². The lowest BCUT2D eigenvalue weighted by atomic mass is 10.0. The molecule has 168 valence electrons. The number of allylic oxidation sites excluding steroid dienone is 1. The summed E-state index contributed by atoms with van der Waals surface area (Å²) in [7, 11) is 0. The van der Waals surface area contributed by atoms with E-state index in [9.17, 15) is 9.59 Å². The zero-order valence-corrected chi connectivity index (χ0v) is 20.0. The Kier molecular flexibility index (Phi) is 8.50. The number of nitrogens with two attached hydrogens (primary N) is 1. The standard InChI is InChI=1S/C24H25BrClN3O3/c1-15(30)8-20(27)14-32-23-7-3-16(2-4-18-5-6-19(26)10-22(18)25)9-21(23)24(31)29-13-17-11-28-12-17/h2-10,17,28H,11-14,27H2,1H3,(H,29,31)/b4-2+,20-8?. The zero-order valence-electron chi connectivity index (χ0n) is 17.7. The highest BCUT2D eigenvalue weighted by atomic mass is 79.9. The molecule has 2 aromatic carbocycles. The third-order valence-corrected chi connectivity index (χ3v) is 5.79. The molecule has 8 heteroatoms. The van der Waals surface area contributed by atoms with Crippen molar-refractivity contribution in [2.45, 2.75) is 6.92 Å². The highest BCUT2D eigenvalue weighted by molar-refractivity contribution is 9.10. The van der Waals surface area contributed by atoms with Crippen molar-refractivity contribution < 1.29 is 14.3 Å². The Balaban J connectivity index is 1.81. The minimum Gasteiger partial charge on any atom is -0.487 e. The lowest BCUT2D eigenvalue weighted by Crippen LogP contribution is -2.48. The summed E-state index contributed by atoms with van der Waals surface area (Å²) in [5, 5.41) is 6.81. The molecule has 1 saturated heterocycles. The average Bonchev–Trinajstić information content (AvgIpc) is 2.70. The van der Waals surface area contributed by atoms with Crippen LogP contribution in [0.4, 0.5) is 0 Å². The van der Waals surface area contributed by atoms with Gasteiger partial charge in [0.05, 0.1) is 5.56 Å². The Hall–Kier alpha value is -2.61. The van der Waals surface area contributed by atoms with Gasteiger partial charge in [-0.15, -0.1) is 0 Å². The maximum atomic E-state index is 12.9. The summed E-state index contributed by atoms with van der Waals surface area (Å²) in [5.74, 6) is 0.456. The van der Waals surface area contributed by atoms with Crippen LogP contribution < -0.4 is 21.1 Å². The largest absolute Gasteiger partial charge is 0.487 e. The van der Waals surface area contributed by atoms with E-state index < -0.39 is 0 Å². The van der Waals surface area contributed by atoms with Crippen molar-refractivity contribution in [2.24, 2.45) is 11.7 Å². The van der Waals surface area contributed by atoms with Crippen molar-refractivity contribution >= 4 is 51.4 Å². The van der Waals surface area contributed by atoms with Gasteiger partial charge >= 0.3 is 0 Å². The third-order valence-electron chi connectivity index (χ3n) is 4.87. The normalized spacial score (nSPS) is 14.3. The lowest BCUT2D eigenvalue weighted by molar-refractivity contribution is -0.112. The molecular formula is C24H25BrClN3O3. The molecule has 1 amide bonds. The molecule has 0 spiro atoms. The van der Waals surface area contributed by atoms with E-state index in [0.717, 1.165) is 28.7 Å². The van der Waals surface area contributed by atoms with Gasteiger partial charge in [0.1, 0.15) is 12.4 Å². The molecule has 3 rings (SSSR count). The number of ether oxygens (including phenoxy) is 1. The van der Waals surface area contributed by atoms with Gasteiger partial charge < -0.3 is 21.1 Å². The zero-order chi connectivity index (χ0) is 23.1. The predicted molar refractivity (Wildman–Crippen MR) is 132 cm³/mol. The van der Waals surface area contributed by atoms with E-state index in [1.165, 1.54) is 13.0 Å². The first-order valence-electron chi connectivity index (χ1n) is 10.2. The number of ketones is 1. The number of rotatable bonds is 9. The van der Waals surface area contributed by atoms with Gasteiger partial charge in [-0.1, -0.05) is 51.8 Å². The number of carbonyl (C=O) groups is 2. The van der Waals surface area contributed by atoms with Crippen LogP contribution in [0.3, 0.4) is 0 Å². The van der Waals surface area contributed by atoms with Gasteiger partial charge in [0.2, 0.25) is 0 Å². The quantitative estimate of drug-likeness (QED) is 0.344. The van der Waals surface area contributed by atoms with Gasteiger partial charge in [0.15, 0.2) is 5.78 Å². The second-order valence-electron chi connectivity index (χ2n) is 7.61. The average molecular weight is 519 g/mol. The molecule has 0 atom stereocenters. The first-order valence-corrected chi connectivity index (χ1v) is 11.3. The molecule has 0 saturated carbocycles. The second kappa shape index (κ2) is 11.3. The fourth-order valence-electron chi connectivity index (χ4n) is 3.07. The van der Waals surface area contributed by atoms with Crippen molar-refractivity contribution in [3.05, 3.63) is 74.4 Å². The van der Waals surface area contributed by atoms with Crippen LogP contribution in [0.15, 0.2) is 52.6 Å². The number of nitrogens with one attached hydrogen (secondary N) is 2. The molecule has 0 aromatic heterocycles. The van der Waals surface area contributed by atoms with E-state index in [0.29, 0.717) is 34.5 Å². The van der Waals surface area contributed by atoms with Gasteiger partial charge in [0, 0.05) is 46.8 Å². The first-order chi connectivity index (χ1) is 15.3. The van der Waals surface area contributed by atoms with E-state index in [1.807, 2.05) is 36.4 Å². The fraction of sp³-hybridized carbons (Fsp3) is 0.250. The van der Waals surface area contributed by atoms with Gasteiger partial charge in [-0.05, 0) is 42.3 Å². The van der Waals surface area contributed by atoms with Crippen molar-refractivity contribution in [2.75, 3.05) is 26.2 Å². The van der Waals surface area contributed by atoms with E-state index in [2.05, 4.69) is 26.6 Å². The van der Waals surface area contributed by atoms with Gasteiger partial charge in [0.25, 0.3) is 5.91 Å². The Morgan fingerprint density at radius 3 is 2.69 bits per heavy atom. The van der Waals surface area contributed by atoms with Crippen LogP contribution in [0.25, 0.3) is 12.2 Å². The molecular weight excluding hydrogens is 494 g/mol. The fourth-order valence-corrected chi connectivity index (χ4v) is 3.88. The summed E-state index contributed by atoms with van der Waals surface area (Å²) in [4.78, 5) is 24.1. The Labute approximate surface area is 201 Å². The Bertz CT molecular complexity index is 1060. The Morgan fingerprint density at radius 1 is 1.25 bits per heavy atom. The monoisotopic (exact) mass is 517 g/mol. The van der Waals surface area contributed by atoms with Crippen LogP contribution in [0.2, 0.25) is 5.02 Å². The molecule has 6 nitrogen and oxygen atoms in total. The predicted octanol–water partition coefficient (Wildman–Crippen LogP) is 4.03. The molecule has 1 fully saturated rings. The molecule has 1 aliphatic rings. The van der Waals surface area contributed by atoms with Crippen molar-refractivity contribution in [3.8, 4) is 5.75 Å². The second-order valence-corrected chi connectivity index (χ2v) is 8.90. The van der Waals surface area contributed by atoms with E-state index >= 15 is 0 Å². The van der Waals surface area contributed by atoms with Crippen LogP contribution in [0.5, 0.6) is 5.75 Å². The van der Waals surface area contributed by atoms with Crippen molar-refractivity contribution in [1.29, 1.82) is 0 Å². The Morgan fingerprint density at radius 2 is 2.03 bits per heavy atom. The topological polar surface area (TPSA) is 93.5 Å². The van der Waals surface area contributed by atoms with Gasteiger partial charge in [-0.3, -0.25) is 9.59 Å². The summed E-state index contributed by atoms with van der Waals surface area (Å²) >= 11 is 9.51. The van der Waals surface area contributed by atoms with Crippen molar-refractivity contribution in [1.82, 2.24) is 10.6 Å². The SMILES string of the molecule is CC(=O)C=C(N)COc1ccc(/C=C/c2ccc(Cl)cc2Br)cc1C(=O)NCC1CNC1. The van der Waals surface area contributed by atoms with Crippen LogP contribution in [0, 0.1) is 5.92 Å². The maximum Gasteiger partial charge on any atom is 0.255 e. The molecule has 0 bridgehead atoms. The molecule has 0 unspecified atom stereocenters. The number of halogens is 2. The number of hydrogen-bond donors (Lipinski definition) is 3. The van der Waals surface area contributed by atoms with E-state index in [1.54, 1.807) is 12.1 Å². The van der Waals surface area contributed by atoms with E-state index in [-0.39, 0.29) is 18.3 Å². The molecule has 0 aliphatic carbocycles. The summed E-state index contributed by atoms with van der Waals surface area (Å²) in [5.41, 5.74) is 8.32. The molecule has 1 heterocycles. The number of benzene rings is 2. The minimum absolute atomic E-state index is 0.0132. The molecule has 4 N–H and O–H groups in total. The number of carbonyl (C=O) groups excluding carboxylic acids is 2. The minimum atomic E-state index is -0.219. The van der Waals surface area contributed by atoms with Crippen LogP contribution in [0.1, 0.15) is 28.4 Å². The highest BCUT2D eigenvalue weighted by Crippen LogP contribution is 2.25. The third kappa shape index (κ3) is 6.95. The number of amides is 1. The lowest BCUT2D eigenvalue weighted by Gasteiger charge is -2.27. The summed E-state index contributed by atoms with van der Waals surface area (Å²) < 4.78 is 6.63. The summed E-state index contributed by atoms with van der Waals surface area (Å²) in [6.45, 7) is 3.82. The van der Waals surface area contributed by atoms with E-state index in [4.69, 9.17) is 22.1 Å². The van der Waals surface area contributed by atoms with Crippen LogP contribution in [-0.4, -0.2) is 37.9 Å².